The topological polar surface area (TPSA) is 52.6 Å². The molecule has 0 unspecified atom stereocenters. The third-order valence-corrected chi connectivity index (χ3v) is 10.3. The highest BCUT2D eigenvalue weighted by Gasteiger charge is 2.63. The Kier molecular flexibility index (Phi) is 6.07. The molecule has 4 aliphatic carbocycles. The van der Waals surface area contributed by atoms with Gasteiger partial charge in [0.25, 0.3) is 0 Å². The average molecular weight is 431 g/mol. The van der Waals surface area contributed by atoms with Crippen molar-refractivity contribution in [1.29, 1.82) is 0 Å². The molecule has 0 radical (unpaired) electrons. The highest BCUT2D eigenvalue weighted by molar-refractivity contribution is 5.66. The molecular formula is C27H42O4. The summed E-state index contributed by atoms with van der Waals surface area (Å²) in [5.74, 6) is 2.99. The molecule has 4 heteroatoms. The largest absolute Gasteiger partial charge is 0.463 e. The maximum atomic E-state index is 12.1. The van der Waals surface area contributed by atoms with E-state index >= 15 is 0 Å². The first-order chi connectivity index (χ1) is 14.6. The van der Waals surface area contributed by atoms with E-state index in [0.29, 0.717) is 40.9 Å². The number of hydrogen-bond acceptors (Lipinski definition) is 4. The van der Waals surface area contributed by atoms with Crippen LogP contribution < -0.4 is 0 Å². The van der Waals surface area contributed by atoms with Crippen molar-refractivity contribution in [3.63, 3.8) is 0 Å². The smallest absolute Gasteiger partial charge is 0.302 e. The van der Waals surface area contributed by atoms with Crippen LogP contribution in [0, 0.1) is 46.3 Å². The van der Waals surface area contributed by atoms with E-state index in [9.17, 15) is 9.59 Å². The minimum atomic E-state index is -0.180. The molecule has 31 heavy (non-hydrogen) atoms. The van der Waals surface area contributed by atoms with Gasteiger partial charge < -0.3 is 9.47 Å². The summed E-state index contributed by atoms with van der Waals surface area (Å²) in [4.78, 5) is 23.7. The van der Waals surface area contributed by atoms with E-state index in [1.54, 1.807) is 6.92 Å². The lowest BCUT2D eigenvalue weighted by Gasteiger charge is -2.62. The highest BCUT2D eigenvalue weighted by atomic mass is 16.5. The van der Waals surface area contributed by atoms with Crippen molar-refractivity contribution < 1.29 is 19.1 Å². The first kappa shape index (κ1) is 22.9. The molecule has 4 aliphatic rings. The van der Waals surface area contributed by atoms with Gasteiger partial charge in [0.2, 0.25) is 0 Å². The molecule has 0 spiro atoms. The maximum Gasteiger partial charge on any atom is 0.302 e. The normalized spacial score (nSPS) is 47.3. The molecule has 0 aliphatic heterocycles. The van der Waals surface area contributed by atoms with E-state index in [2.05, 4.69) is 33.4 Å². The number of fused-ring (bicyclic) bond motifs is 5. The lowest BCUT2D eigenvalue weighted by atomic mass is 9.43. The number of ether oxygens (including phenoxy) is 2. The number of carbonyl (C=O) groups excluding carboxylic acids is 2. The Morgan fingerprint density at radius 1 is 0.935 bits per heavy atom. The van der Waals surface area contributed by atoms with E-state index < -0.39 is 0 Å². The zero-order valence-corrected chi connectivity index (χ0v) is 20.2. The Morgan fingerprint density at radius 3 is 2.23 bits per heavy atom. The van der Waals surface area contributed by atoms with Gasteiger partial charge in [0.15, 0.2) is 0 Å². The molecule has 0 N–H and O–H groups in total. The molecule has 4 rings (SSSR count). The van der Waals surface area contributed by atoms with Gasteiger partial charge in [-0.2, -0.15) is 0 Å². The van der Waals surface area contributed by atoms with E-state index in [4.69, 9.17) is 9.47 Å². The number of esters is 2. The summed E-state index contributed by atoms with van der Waals surface area (Å²) in [7, 11) is 0. The van der Waals surface area contributed by atoms with Crippen LogP contribution >= 0.6 is 0 Å². The number of rotatable bonds is 4. The summed E-state index contributed by atoms with van der Waals surface area (Å²) >= 11 is 0. The Hall–Kier alpha value is -1.32. The maximum absolute atomic E-state index is 12.1. The van der Waals surface area contributed by atoms with Crippen molar-refractivity contribution in [2.75, 3.05) is 0 Å². The Balaban J connectivity index is 1.65. The van der Waals surface area contributed by atoms with Gasteiger partial charge in [-0.3, -0.25) is 9.59 Å². The number of allylic oxidation sites excluding steroid dienone is 1. The van der Waals surface area contributed by atoms with E-state index in [0.717, 1.165) is 25.7 Å². The number of hydrogen-bond donors (Lipinski definition) is 0. The molecule has 0 amide bonds. The van der Waals surface area contributed by atoms with Crippen molar-refractivity contribution in [1.82, 2.24) is 0 Å². The fourth-order valence-electron chi connectivity index (χ4n) is 8.90. The average Bonchev–Trinajstić information content (AvgIpc) is 3.04. The fraction of sp³-hybridized carbons (Fsp3) is 0.852. The number of carbonyl (C=O) groups is 2. The van der Waals surface area contributed by atoms with Crippen LogP contribution in [0.2, 0.25) is 0 Å². The molecule has 0 saturated heterocycles. The van der Waals surface area contributed by atoms with Crippen LogP contribution in [0.5, 0.6) is 0 Å². The van der Waals surface area contributed by atoms with Gasteiger partial charge in [-0.1, -0.05) is 26.8 Å². The van der Waals surface area contributed by atoms with Crippen molar-refractivity contribution in [2.24, 2.45) is 46.3 Å². The molecule has 4 fully saturated rings. The first-order valence-electron chi connectivity index (χ1n) is 12.6. The molecule has 10 atom stereocenters. The molecule has 174 valence electrons. The third kappa shape index (κ3) is 3.76. The summed E-state index contributed by atoms with van der Waals surface area (Å²) in [5.41, 5.74) is 0.562. The van der Waals surface area contributed by atoms with Crippen LogP contribution in [0.15, 0.2) is 12.7 Å². The second-order valence-electron chi connectivity index (χ2n) is 11.7. The highest BCUT2D eigenvalue weighted by Crippen LogP contribution is 2.68. The van der Waals surface area contributed by atoms with Crippen LogP contribution in [0.4, 0.5) is 0 Å². The molecule has 4 saturated carbocycles. The predicted octanol–water partition coefficient (Wildman–Crippen LogP) is 5.94. The second-order valence-corrected chi connectivity index (χ2v) is 11.7. The Labute approximate surface area is 188 Å². The molecule has 4 nitrogen and oxygen atoms in total. The van der Waals surface area contributed by atoms with Crippen molar-refractivity contribution in [3.8, 4) is 0 Å². The quantitative estimate of drug-likeness (QED) is 0.409. The standard InChI is InChI=1S/C27H42O4/c1-7-16(2)21-8-9-22-25-23(11-13-27(21,22)6)26(5)12-10-20(30-17(3)28)14-19(26)15-24(25)31-18(4)29/h7,16,19-25H,1,8-15H2,2-6H3/t16-,19-,20+,21+,22-,23-,24+,25-,26-,27+/m0/s1. The predicted molar refractivity (Wildman–Crippen MR) is 121 cm³/mol. The lowest BCUT2D eigenvalue weighted by Crippen LogP contribution is -2.59. The van der Waals surface area contributed by atoms with Crippen LogP contribution in [-0.2, 0) is 19.1 Å². The summed E-state index contributed by atoms with van der Waals surface area (Å²) < 4.78 is 11.7. The van der Waals surface area contributed by atoms with Crippen LogP contribution in [-0.4, -0.2) is 24.1 Å². The van der Waals surface area contributed by atoms with Gasteiger partial charge in [-0.05, 0) is 91.8 Å². The van der Waals surface area contributed by atoms with E-state index in [-0.39, 0.29) is 29.6 Å². The van der Waals surface area contributed by atoms with Gasteiger partial charge in [-0.15, -0.1) is 6.58 Å². The zero-order chi connectivity index (χ0) is 22.6. The fourth-order valence-corrected chi connectivity index (χ4v) is 8.90. The van der Waals surface area contributed by atoms with Gasteiger partial charge in [0.05, 0.1) is 0 Å². The van der Waals surface area contributed by atoms with Crippen LogP contribution in [0.3, 0.4) is 0 Å². The summed E-state index contributed by atoms with van der Waals surface area (Å²) in [6, 6.07) is 0. The first-order valence-corrected chi connectivity index (χ1v) is 12.6. The molecule has 0 aromatic carbocycles. The van der Waals surface area contributed by atoms with Crippen molar-refractivity contribution >= 4 is 11.9 Å². The minimum Gasteiger partial charge on any atom is -0.463 e. The Bertz CT molecular complexity index is 731. The SMILES string of the molecule is C=C[C@H](C)[C@H]1CC[C@H]2[C@@H]3[C@H](OC(C)=O)C[C@@H]4C[C@H](OC(C)=O)CC[C@]4(C)[C@H]3CC[C@]12C. The Morgan fingerprint density at radius 2 is 1.58 bits per heavy atom. The van der Waals surface area contributed by atoms with E-state index in [1.807, 2.05) is 0 Å². The minimum absolute atomic E-state index is 0.000865. The summed E-state index contributed by atoms with van der Waals surface area (Å²) in [6.07, 6.45) is 11.1. The molecule has 0 aromatic heterocycles. The second kappa shape index (κ2) is 8.23. The zero-order valence-electron chi connectivity index (χ0n) is 20.2. The summed E-state index contributed by atoms with van der Waals surface area (Å²) in [5, 5.41) is 0. The van der Waals surface area contributed by atoms with Crippen LogP contribution in [0.1, 0.15) is 86.0 Å². The van der Waals surface area contributed by atoms with Gasteiger partial charge in [0.1, 0.15) is 12.2 Å². The molecule has 0 heterocycles. The van der Waals surface area contributed by atoms with Gasteiger partial charge in [-0.25, -0.2) is 0 Å². The van der Waals surface area contributed by atoms with E-state index in [1.165, 1.54) is 32.6 Å². The monoisotopic (exact) mass is 430 g/mol. The van der Waals surface area contributed by atoms with Gasteiger partial charge >= 0.3 is 11.9 Å². The molecule has 0 bridgehead atoms. The van der Waals surface area contributed by atoms with Gasteiger partial charge in [0, 0.05) is 19.8 Å². The summed E-state index contributed by atoms with van der Waals surface area (Å²) in [6.45, 7) is 14.5. The lowest BCUT2D eigenvalue weighted by molar-refractivity contribution is -0.196. The van der Waals surface area contributed by atoms with Crippen LogP contribution in [0.25, 0.3) is 0 Å². The van der Waals surface area contributed by atoms with Crippen molar-refractivity contribution in [2.45, 2.75) is 98.2 Å². The molecule has 0 aromatic rings. The third-order valence-electron chi connectivity index (χ3n) is 10.3. The van der Waals surface area contributed by atoms with Crippen molar-refractivity contribution in [3.05, 3.63) is 12.7 Å². The molecular weight excluding hydrogens is 388 g/mol.